The molecule has 27 heavy (non-hydrogen) atoms. The molecule has 0 atom stereocenters. The Labute approximate surface area is 153 Å². The first-order valence-corrected chi connectivity index (χ1v) is 7.72. The molecular formula is C18H17F3N2O4. The topological polar surface area (TPSA) is 76.7 Å². The third-order valence-corrected chi connectivity index (χ3v) is 3.58. The van der Waals surface area contributed by atoms with Crippen LogP contribution >= 0.6 is 0 Å². The lowest BCUT2D eigenvalue weighted by Crippen LogP contribution is -2.36. The molecule has 0 heterocycles. The molecule has 0 aromatic heterocycles. The summed E-state index contributed by atoms with van der Waals surface area (Å²) in [5, 5.41) is 4.38. The number of halogens is 3. The SMILES string of the molecule is COc1cc(OC)cc(C(=O)Nc2ccccc2CNC(=O)C(F)(F)F)c1. The number of carbonyl (C=O) groups excluding carboxylic acids is 2. The summed E-state index contributed by atoms with van der Waals surface area (Å²) in [4.78, 5) is 23.5. The van der Waals surface area contributed by atoms with Crippen molar-refractivity contribution in [1.29, 1.82) is 0 Å². The van der Waals surface area contributed by atoms with E-state index in [4.69, 9.17) is 9.47 Å². The van der Waals surface area contributed by atoms with E-state index < -0.39 is 24.5 Å². The number of alkyl halides is 3. The van der Waals surface area contributed by atoms with Gasteiger partial charge in [-0.15, -0.1) is 0 Å². The lowest BCUT2D eigenvalue weighted by molar-refractivity contribution is -0.173. The van der Waals surface area contributed by atoms with E-state index in [0.717, 1.165) is 0 Å². The lowest BCUT2D eigenvalue weighted by atomic mass is 10.1. The second kappa shape index (κ2) is 8.43. The lowest BCUT2D eigenvalue weighted by Gasteiger charge is -2.13. The van der Waals surface area contributed by atoms with Crippen molar-refractivity contribution in [3.05, 3.63) is 53.6 Å². The fraction of sp³-hybridized carbons (Fsp3) is 0.222. The van der Waals surface area contributed by atoms with Crippen LogP contribution in [-0.2, 0) is 11.3 Å². The number of hydrogen-bond donors (Lipinski definition) is 2. The van der Waals surface area contributed by atoms with Crippen LogP contribution in [0.3, 0.4) is 0 Å². The Morgan fingerprint density at radius 3 is 2.15 bits per heavy atom. The molecule has 0 spiro atoms. The molecule has 9 heteroatoms. The van der Waals surface area contributed by atoms with Gasteiger partial charge in [0.2, 0.25) is 0 Å². The minimum atomic E-state index is -4.98. The Bertz CT molecular complexity index is 815. The molecule has 0 saturated heterocycles. The second-order valence-electron chi connectivity index (χ2n) is 5.39. The molecule has 144 valence electrons. The van der Waals surface area contributed by atoms with Crippen molar-refractivity contribution in [3.63, 3.8) is 0 Å². The molecule has 2 aromatic rings. The Balaban J connectivity index is 2.18. The Hall–Kier alpha value is -3.23. The zero-order valence-electron chi connectivity index (χ0n) is 14.5. The third kappa shape index (κ3) is 5.37. The number of ether oxygens (including phenoxy) is 2. The quantitative estimate of drug-likeness (QED) is 0.805. The number of anilines is 1. The molecule has 6 nitrogen and oxygen atoms in total. The van der Waals surface area contributed by atoms with Gasteiger partial charge in [0.15, 0.2) is 0 Å². The van der Waals surface area contributed by atoms with Crippen LogP contribution in [0.15, 0.2) is 42.5 Å². The summed E-state index contributed by atoms with van der Waals surface area (Å²) in [6, 6.07) is 10.8. The maximum Gasteiger partial charge on any atom is 0.471 e. The monoisotopic (exact) mass is 382 g/mol. The second-order valence-corrected chi connectivity index (χ2v) is 5.39. The average Bonchev–Trinajstić information content (AvgIpc) is 2.65. The zero-order chi connectivity index (χ0) is 20.0. The van der Waals surface area contributed by atoms with E-state index in [9.17, 15) is 22.8 Å². The minimum Gasteiger partial charge on any atom is -0.497 e. The molecule has 0 unspecified atom stereocenters. The van der Waals surface area contributed by atoms with Crippen LogP contribution in [0, 0.1) is 0 Å². The van der Waals surface area contributed by atoms with Gasteiger partial charge in [-0.25, -0.2) is 0 Å². The van der Waals surface area contributed by atoms with E-state index in [1.54, 1.807) is 23.5 Å². The van der Waals surface area contributed by atoms with Crippen molar-refractivity contribution in [2.75, 3.05) is 19.5 Å². The highest BCUT2D eigenvalue weighted by Gasteiger charge is 2.38. The number of carbonyl (C=O) groups is 2. The summed E-state index contributed by atoms with van der Waals surface area (Å²) in [7, 11) is 2.88. The van der Waals surface area contributed by atoms with Gasteiger partial charge in [-0.05, 0) is 23.8 Å². The molecule has 0 radical (unpaired) electrons. The number of hydrogen-bond acceptors (Lipinski definition) is 4. The molecule has 0 aliphatic heterocycles. The number of benzene rings is 2. The van der Waals surface area contributed by atoms with Crippen LogP contribution in [0.1, 0.15) is 15.9 Å². The van der Waals surface area contributed by atoms with Crippen molar-refractivity contribution < 1.29 is 32.2 Å². The Morgan fingerprint density at radius 1 is 1.00 bits per heavy atom. The number of nitrogens with one attached hydrogen (secondary N) is 2. The van der Waals surface area contributed by atoms with Crippen LogP contribution in [0.4, 0.5) is 18.9 Å². The molecule has 2 N–H and O–H groups in total. The van der Waals surface area contributed by atoms with Gasteiger partial charge in [0.25, 0.3) is 5.91 Å². The molecule has 2 rings (SSSR count). The number of methoxy groups -OCH3 is 2. The average molecular weight is 382 g/mol. The molecule has 0 bridgehead atoms. The van der Waals surface area contributed by atoms with Gasteiger partial charge < -0.3 is 20.1 Å². The first-order valence-electron chi connectivity index (χ1n) is 7.72. The van der Waals surface area contributed by atoms with Gasteiger partial charge in [0.1, 0.15) is 11.5 Å². The highest BCUT2D eigenvalue weighted by atomic mass is 19.4. The summed E-state index contributed by atoms with van der Waals surface area (Å²) in [5.74, 6) is -1.75. The van der Waals surface area contributed by atoms with Crippen molar-refractivity contribution in [2.45, 2.75) is 12.7 Å². The predicted molar refractivity (Wildman–Crippen MR) is 91.8 cm³/mol. The molecule has 2 amide bonds. The maximum atomic E-state index is 12.5. The molecule has 0 saturated carbocycles. The molecule has 0 aliphatic carbocycles. The van der Waals surface area contributed by atoms with E-state index in [1.807, 2.05) is 0 Å². The van der Waals surface area contributed by atoms with Crippen LogP contribution in [0.5, 0.6) is 11.5 Å². The van der Waals surface area contributed by atoms with E-state index in [1.165, 1.54) is 38.5 Å². The molecular weight excluding hydrogens is 365 g/mol. The highest BCUT2D eigenvalue weighted by molar-refractivity contribution is 6.05. The van der Waals surface area contributed by atoms with E-state index >= 15 is 0 Å². The van der Waals surface area contributed by atoms with Gasteiger partial charge in [-0.2, -0.15) is 13.2 Å². The van der Waals surface area contributed by atoms with Gasteiger partial charge in [-0.3, -0.25) is 9.59 Å². The van der Waals surface area contributed by atoms with E-state index in [-0.39, 0.29) is 11.3 Å². The first kappa shape index (κ1) is 20.1. The number of rotatable bonds is 6. The fourth-order valence-electron chi connectivity index (χ4n) is 2.21. The highest BCUT2D eigenvalue weighted by Crippen LogP contribution is 2.24. The Kier molecular flexibility index (Phi) is 6.27. The smallest absolute Gasteiger partial charge is 0.471 e. The van der Waals surface area contributed by atoms with Crippen molar-refractivity contribution >= 4 is 17.5 Å². The van der Waals surface area contributed by atoms with Crippen molar-refractivity contribution in [1.82, 2.24) is 5.32 Å². The van der Waals surface area contributed by atoms with Crippen molar-refractivity contribution in [3.8, 4) is 11.5 Å². The van der Waals surface area contributed by atoms with Crippen LogP contribution in [0.2, 0.25) is 0 Å². The molecule has 0 aliphatic rings. The standard InChI is InChI=1S/C18H17F3N2O4/c1-26-13-7-12(8-14(9-13)27-2)16(24)23-15-6-4-3-5-11(15)10-22-17(25)18(19,20)21/h3-9H,10H2,1-2H3,(H,22,25)(H,23,24). The largest absolute Gasteiger partial charge is 0.497 e. The van der Waals surface area contributed by atoms with E-state index in [0.29, 0.717) is 17.1 Å². The minimum absolute atomic E-state index is 0.236. The van der Waals surface area contributed by atoms with Crippen LogP contribution in [-0.4, -0.2) is 32.2 Å². The summed E-state index contributed by atoms with van der Waals surface area (Å²) in [5.41, 5.74) is 0.824. The van der Waals surface area contributed by atoms with Gasteiger partial charge in [0, 0.05) is 23.9 Å². The Morgan fingerprint density at radius 2 is 1.59 bits per heavy atom. The third-order valence-electron chi connectivity index (χ3n) is 3.58. The summed E-state index contributed by atoms with van der Waals surface area (Å²) < 4.78 is 47.2. The maximum absolute atomic E-state index is 12.5. The zero-order valence-corrected chi connectivity index (χ0v) is 14.5. The van der Waals surface area contributed by atoms with Gasteiger partial charge >= 0.3 is 12.1 Å². The van der Waals surface area contributed by atoms with Crippen LogP contribution < -0.4 is 20.1 Å². The van der Waals surface area contributed by atoms with Crippen molar-refractivity contribution in [2.24, 2.45) is 0 Å². The van der Waals surface area contributed by atoms with Gasteiger partial charge in [-0.1, -0.05) is 18.2 Å². The number of amides is 2. The molecule has 0 fully saturated rings. The normalized spacial score (nSPS) is 10.9. The summed E-state index contributed by atoms with van der Waals surface area (Å²) in [6.07, 6.45) is -4.98. The van der Waals surface area contributed by atoms with Crippen LogP contribution in [0.25, 0.3) is 0 Å². The van der Waals surface area contributed by atoms with Gasteiger partial charge in [0.05, 0.1) is 14.2 Å². The number of para-hydroxylation sites is 1. The predicted octanol–water partition coefficient (Wildman–Crippen LogP) is 3.13. The summed E-state index contributed by atoms with van der Waals surface area (Å²) >= 11 is 0. The van der Waals surface area contributed by atoms with E-state index in [2.05, 4.69) is 5.32 Å². The fourth-order valence-corrected chi connectivity index (χ4v) is 2.21. The summed E-state index contributed by atoms with van der Waals surface area (Å²) in [6.45, 7) is -0.393. The molecule has 2 aromatic carbocycles. The first-order chi connectivity index (χ1) is 12.7.